The van der Waals surface area contributed by atoms with E-state index in [2.05, 4.69) is 166 Å². The molecule has 5 heteroatoms. The topological polar surface area (TPSA) is 4.93 Å². The quantitative estimate of drug-likeness (QED) is 0.143. The highest BCUT2D eigenvalue weighted by Gasteiger charge is 2.38. The minimum Gasteiger partial charge on any atom is -0.308 e. The van der Waals surface area contributed by atoms with E-state index in [0.29, 0.717) is 0 Å². The van der Waals surface area contributed by atoms with Gasteiger partial charge in [0.2, 0.25) is 0 Å². The molecule has 11 aromatic rings. The lowest BCUT2D eigenvalue weighted by atomic mass is 9.77. The Morgan fingerprint density at radius 3 is 1.86 bits per heavy atom. The number of allylic oxidation sites excluding steroid dienone is 4. The van der Waals surface area contributed by atoms with Crippen molar-refractivity contribution in [2.75, 3.05) is 0 Å². The summed E-state index contributed by atoms with van der Waals surface area (Å²) >= 11 is 3.67. The molecule has 3 heterocycles. The van der Waals surface area contributed by atoms with Crippen molar-refractivity contribution in [2.45, 2.75) is 40.0 Å². The van der Waals surface area contributed by atoms with Crippen LogP contribution in [0.1, 0.15) is 55.4 Å². The van der Waals surface area contributed by atoms with Gasteiger partial charge in [-0.1, -0.05) is 142 Å². The third-order valence-corrected chi connectivity index (χ3v) is 16.3. The van der Waals surface area contributed by atoms with Crippen LogP contribution in [0.4, 0.5) is 8.78 Å². The third kappa shape index (κ3) is 6.27. The summed E-state index contributed by atoms with van der Waals surface area (Å²) in [4.78, 5) is 0. The number of rotatable bonds is 8. The molecule has 8 aromatic carbocycles. The van der Waals surface area contributed by atoms with Gasteiger partial charge >= 0.3 is 0 Å². The normalized spacial score (nSPS) is 15.5. The Morgan fingerprint density at radius 2 is 1.14 bits per heavy atom. The Labute approximate surface area is 385 Å². The summed E-state index contributed by atoms with van der Waals surface area (Å²) in [6.07, 6.45) is 0.844. The van der Waals surface area contributed by atoms with Gasteiger partial charge in [0.05, 0.1) is 16.7 Å². The van der Waals surface area contributed by atoms with Crippen molar-refractivity contribution >= 4 is 102 Å². The minimum absolute atomic E-state index is 0.0410. The minimum atomic E-state index is -0.283. The van der Waals surface area contributed by atoms with Gasteiger partial charge in [-0.15, -0.1) is 22.7 Å². The lowest BCUT2D eigenvalue weighted by Gasteiger charge is -2.27. The van der Waals surface area contributed by atoms with Crippen LogP contribution in [0.2, 0.25) is 0 Å². The van der Waals surface area contributed by atoms with Crippen LogP contribution in [0.15, 0.2) is 175 Å². The first-order chi connectivity index (χ1) is 31.7. The van der Waals surface area contributed by atoms with Gasteiger partial charge in [-0.05, 0) is 119 Å². The monoisotopic (exact) mass is 881 g/mol. The molecule has 1 aliphatic rings. The average Bonchev–Trinajstić information content (AvgIpc) is 4.06. The van der Waals surface area contributed by atoms with Gasteiger partial charge in [0, 0.05) is 62.6 Å². The fourth-order valence-corrected chi connectivity index (χ4v) is 13.7. The molecule has 1 nitrogen and oxygen atoms in total. The SMILES string of the molecule is Cc1ccccc1-c1ccc2sc3ccccc3c2c1C(C)C[C@@H](C)C1=C(c2cccc(F)c2)C(n2c3ccccc3c3ccc4sc5ccccc5c4c32)=C(c2cccc(F)c2)C1C. The second kappa shape index (κ2) is 15.5. The van der Waals surface area contributed by atoms with Gasteiger partial charge in [-0.25, -0.2) is 8.78 Å². The van der Waals surface area contributed by atoms with Crippen LogP contribution < -0.4 is 0 Å². The lowest BCUT2D eigenvalue weighted by molar-refractivity contribution is 0.523. The van der Waals surface area contributed by atoms with Gasteiger partial charge < -0.3 is 4.57 Å². The molecule has 3 aromatic heterocycles. The van der Waals surface area contributed by atoms with Gasteiger partial charge in [0.15, 0.2) is 0 Å². The first-order valence-electron chi connectivity index (χ1n) is 22.6. The van der Waals surface area contributed by atoms with E-state index >= 15 is 8.78 Å². The van der Waals surface area contributed by atoms with E-state index in [0.717, 1.165) is 56.2 Å². The summed E-state index contributed by atoms with van der Waals surface area (Å²) in [5, 5.41) is 7.34. The second-order valence-electron chi connectivity index (χ2n) is 18.0. The number of hydrogen-bond acceptors (Lipinski definition) is 2. The van der Waals surface area contributed by atoms with E-state index in [9.17, 15) is 0 Å². The summed E-state index contributed by atoms with van der Waals surface area (Å²) in [6, 6.07) is 58.3. The van der Waals surface area contributed by atoms with Crippen LogP contribution in [-0.4, -0.2) is 4.57 Å². The van der Waals surface area contributed by atoms with Gasteiger partial charge in [-0.3, -0.25) is 0 Å². The number of hydrogen-bond donors (Lipinski definition) is 0. The first-order valence-corrected chi connectivity index (χ1v) is 24.2. The zero-order valence-electron chi connectivity index (χ0n) is 36.6. The van der Waals surface area contributed by atoms with Crippen molar-refractivity contribution in [3.8, 4) is 11.1 Å². The molecule has 0 N–H and O–H groups in total. The van der Waals surface area contributed by atoms with Crippen LogP contribution in [0.5, 0.6) is 0 Å². The summed E-state index contributed by atoms with van der Waals surface area (Å²) < 4.78 is 39.0. The molecule has 65 heavy (non-hydrogen) atoms. The van der Waals surface area contributed by atoms with Crippen molar-refractivity contribution < 1.29 is 8.78 Å². The Bertz CT molecular complexity index is 3800. The fourth-order valence-electron chi connectivity index (χ4n) is 11.5. The molecule has 3 atom stereocenters. The number of nitrogens with zero attached hydrogens (tertiary/aromatic N) is 1. The number of aromatic nitrogens is 1. The maximum atomic E-state index is 15.9. The van der Waals surface area contributed by atoms with Crippen LogP contribution >= 0.6 is 22.7 Å². The van der Waals surface area contributed by atoms with Crippen molar-refractivity contribution in [2.24, 2.45) is 11.8 Å². The average molecular weight is 882 g/mol. The molecule has 0 aliphatic heterocycles. The molecule has 0 saturated carbocycles. The summed E-state index contributed by atoms with van der Waals surface area (Å²) in [5.41, 5.74) is 13.3. The second-order valence-corrected chi connectivity index (χ2v) is 20.1. The Balaban J connectivity index is 1.14. The Hall–Kier alpha value is -6.66. The highest BCUT2D eigenvalue weighted by molar-refractivity contribution is 7.26. The molecule has 316 valence electrons. The number of fused-ring (bicyclic) bond motifs is 10. The maximum absolute atomic E-state index is 15.9. The lowest BCUT2D eigenvalue weighted by Crippen LogP contribution is -2.12. The largest absolute Gasteiger partial charge is 0.308 e. The molecule has 0 bridgehead atoms. The predicted molar refractivity (Wildman–Crippen MR) is 276 cm³/mol. The maximum Gasteiger partial charge on any atom is 0.123 e. The molecule has 0 spiro atoms. The van der Waals surface area contributed by atoms with Crippen molar-refractivity contribution in [1.82, 2.24) is 4.57 Å². The molecule has 0 fully saturated rings. The van der Waals surface area contributed by atoms with E-state index < -0.39 is 0 Å². The van der Waals surface area contributed by atoms with Crippen molar-refractivity contribution in [3.63, 3.8) is 0 Å². The summed E-state index contributed by atoms with van der Waals surface area (Å²) in [7, 11) is 0. The van der Waals surface area contributed by atoms with Crippen LogP contribution in [0.3, 0.4) is 0 Å². The summed E-state index contributed by atoms with van der Waals surface area (Å²) in [6.45, 7) is 9.26. The van der Waals surface area contributed by atoms with Crippen molar-refractivity contribution in [1.29, 1.82) is 0 Å². The molecular formula is C60H45F2NS2. The Kier molecular flexibility index (Phi) is 9.52. The molecule has 0 saturated heterocycles. The van der Waals surface area contributed by atoms with Crippen molar-refractivity contribution in [3.05, 3.63) is 209 Å². The number of benzene rings is 8. The fraction of sp³-hybridized carbons (Fsp3) is 0.133. The van der Waals surface area contributed by atoms with Gasteiger partial charge in [-0.2, -0.15) is 0 Å². The van der Waals surface area contributed by atoms with E-state index in [1.807, 2.05) is 34.8 Å². The molecular weight excluding hydrogens is 837 g/mol. The first kappa shape index (κ1) is 39.9. The zero-order chi connectivity index (χ0) is 44.1. The zero-order valence-corrected chi connectivity index (χ0v) is 38.3. The van der Waals surface area contributed by atoms with Gasteiger partial charge in [0.1, 0.15) is 11.6 Å². The highest BCUT2D eigenvalue weighted by Crippen LogP contribution is 2.56. The summed E-state index contributed by atoms with van der Waals surface area (Å²) in [5.74, 6) is -0.512. The Morgan fingerprint density at radius 1 is 0.538 bits per heavy atom. The van der Waals surface area contributed by atoms with Crippen LogP contribution in [0, 0.1) is 30.4 Å². The van der Waals surface area contributed by atoms with E-state index in [4.69, 9.17) is 0 Å². The van der Waals surface area contributed by atoms with Gasteiger partial charge in [0.25, 0.3) is 0 Å². The standard InChI is InChI=1S/C60H45F2NS2/c1-34-15-5-6-20-42(34)44-27-29-51-57(46-22-8-11-25-49(46)64-51)54(44)36(3)31-35(2)53-37(4)55(38-16-13-18-40(61)32-38)60(56(53)39-17-14-19-41(62)33-39)63-48-24-10-7-21-43(48)45-28-30-52-58(59(45)63)47-23-9-12-26-50(47)65-52/h5-30,32-33,35-37H,31H2,1-4H3/t35-,36?,37?/m1/s1. The smallest absolute Gasteiger partial charge is 0.123 e. The van der Waals surface area contributed by atoms with E-state index in [1.165, 1.54) is 80.3 Å². The molecule has 2 unspecified atom stereocenters. The number of aryl methyl sites for hydroxylation is 1. The van der Waals surface area contributed by atoms with E-state index in [1.54, 1.807) is 12.1 Å². The third-order valence-electron chi connectivity index (χ3n) is 14.1. The molecule has 0 radical (unpaired) electrons. The van der Waals surface area contributed by atoms with Crippen LogP contribution in [-0.2, 0) is 0 Å². The van der Waals surface area contributed by atoms with E-state index in [-0.39, 0.29) is 29.4 Å². The number of thiophene rings is 2. The predicted octanol–water partition coefficient (Wildman–Crippen LogP) is 18.1. The highest BCUT2D eigenvalue weighted by atomic mass is 32.1. The molecule has 12 rings (SSSR count). The number of para-hydroxylation sites is 1. The van der Waals surface area contributed by atoms with Crippen LogP contribution in [0.25, 0.3) is 90.1 Å². The number of halogens is 2. The molecule has 0 amide bonds. The molecule has 1 aliphatic carbocycles.